The SMILES string of the molecule is CCCC(=O)CN1C(=O)C(=O)c2c(C)cc(C)cc21. The fraction of sp³-hybridized carbons (Fsp3) is 0.400. The van der Waals surface area contributed by atoms with Crippen LogP contribution >= 0.6 is 0 Å². The molecule has 100 valence electrons. The number of amides is 1. The van der Waals surface area contributed by atoms with E-state index in [4.69, 9.17) is 0 Å². The molecular weight excluding hydrogens is 242 g/mol. The summed E-state index contributed by atoms with van der Waals surface area (Å²) < 4.78 is 0. The minimum Gasteiger partial charge on any atom is -0.298 e. The summed E-state index contributed by atoms with van der Waals surface area (Å²) in [6.45, 7) is 5.63. The summed E-state index contributed by atoms with van der Waals surface area (Å²) in [5.41, 5.74) is 2.79. The average Bonchev–Trinajstić information content (AvgIpc) is 2.54. The number of benzene rings is 1. The van der Waals surface area contributed by atoms with Crippen molar-refractivity contribution in [2.45, 2.75) is 33.6 Å². The average molecular weight is 259 g/mol. The summed E-state index contributed by atoms with van der Waals surface area (Å²) in [5, 5.41) is 0. The Bertz CT molecular complexity index is 575. The third kappa shape index (κ3) is 2.30. The maximum Gasteiger partial charge on any atom is 0.299 e. The van der Waals surface area contributed by atoms with Gasteiger partial charge in [-0.15, -0.1) is 0 Å². The predicted octanol–water partition coefficient (Wildman–Crippen LogP) is 2.20. The van der Waals surface area contributed by atoms with Crippen molar-refractivity contribution in [1.82, 2.24) is 0 Å². The van der Waals surface area contributed by atoms with Gasteiger partial charge in [0.1, 0.15) is 0 Å². The number of Topliss-reactive ketones (excluding diaryl/α,β-unsaturated/α-hetero) is 2. The summed E-state index contributed by atoms with van der Waals surface area (Å²) >= 11 is 0. The van der Waals surface area contributed by atoms with E-state index in [1.807, 2.05) is 26.8 Å². The first-order valence-electron chi connectivity index (χ1n) is 6.44. The molecule has 1 heterocycles. The summed E-state index contributed by atoms with van der Waals surface area (Å²) in [4.78, 5) is 37.0. The molecule has 1 aromatic carbocycles. The van der Waals surface area contributed by atoms with E-state index in [0.717, 1.165) is 17.5 Å². The molecule has 0 aromatic heterocycles. The Balaban J connectivity index is 2.41. The maximum absolute atomic E-state index is 12.0. The van der Waals surface area contributed by atoms with E-state index in [1.54, 1.807) is 6.07 Å². The highest BCUT2D eigenvalue weighted by molar-refractivity contribution is 6.53. The second-order valence-corrected chi connectivity index (χ2v) is 4.99. The third-order valence-electron chi connectivity index (χ3n) is 3.28. The normalized spacial score (nSPS) is 13.9. The molecule has 4 heteroatoms. The summed E-state index contributed by atoms with van der Waals surface area (Å²) in [7, 11) is 0. The number of nitrogens with zero attached hydrogens (tertiary/aromatic N) is 1. The zero-order valence-corrected chi connectivity index (χ0v) is 11.4. The molecule has 2 rings (SSSR count). The molecular formula is C15H17NO3. The van der Waals surface area contributed by atoms with Gasteiger partial charge in [0, 0.05) is 6.42 Å². The van der Waals surface area contributed by atoms with E-state index < -0.39 is 11.7 Å². The van der Waals surface area contributed by atoms with Gasteiger partial charge in [0.25, 0.3) is 11.7 Å². The third-order valence-corrected chi connectivity index (χ3v) is 3.28. The van der Waals surface area contributed by atoms with Crippen LogP contribution in [0.4, 0.5) is 5.69 Å². The Kier molecular flexibility index (Phi) is 3.51. The molecule has 0 radical (unpaired) electrons. The smallest absolute Gasteiger partial charge is 0.298 e. The van der Waals surface area contributed by atoms with Crippen molar-refractivity contribution in [2.75, 3.05) is 11.4 Å². The minimum atomic E-state index is -0.590. The Labute approximate surface area is 112 Å². The van der Waals surface area contributed by atoms with Crippen molar-refractivity contribution in [1.29, 1.82) is 0 Å². The quantitative estimate of drug-likeness (QED) is 0.779. The van der Waals surface area contributed by atoms with E-state index in [1.165, 1.54) is 4.90 Å². The number of fused-ring (bicyclic) bond motifs is 1. The van der Waals surface area contributed by atoms with Gasteiger partial charge in [0.2, 0.25) is 0 Å². The van der Waals surface area contributed by atoms with Crippen LogP contribution in [0.15, 0.2) is 12.1 Å². The van der Waals surface area contributed by atoms with E-state index >= 15 is 0 Å². The Hall–Kier alpha value is -1.97. The number of aryl methyl sites for hydroxylation is 2. The number of ketones is 2. The van der Waals surface area contributed by atoms with Crippen LogP contribution in [0.3, 0.4) is 0 Å². The second-order valence-electron chi connectivity index (χ2n) is 4.99. The van der Waals surface area contributed by atoms with Crippen molar-refractivity contribution in [3.63, 3.8) is 0 Å². The van der Waals surface area contributed by atoms with Gasteiger partial charge in [-0.3, -0.25) is 19.3 Å². The molecule has 0 saturated heterocycles. The molecule has 1 aliphatic heterocycles. The van der Waals surface area contributed by atoms with Crippen molar-refractivity contribution >= 4 is 23.2 Å². The number of anilines is 1. The number of hydrogen-bond donors (Lipinski definition) is 0. The first-order chi connectivity index (χ1) is 8.95. The Morgan fingerprint density at radius 1 is 1.21 bits per heavy atom. The molecule has 0 atom stereocenters. The van der Waals surface area contributed by atoms with Crippen LogP contribution in [0, 0.1) is 13.8 Å². The molecule has 0 unspecified atom stereocenters. The molecule has 1 aromatic rings. The lowest BCUT2D eigenvalue weighted by atomic mass is 10.0. The minimum absolute atomic E-state index is 0.00565. The summed E-state index contributed by atoms with van der Waals surface area (Å²) in [6, 6.07) is 3.67. The first-order valence-corrected chi connectivity index (χ1v) is 6.44. The highest BCUT2D eigenvalue weighted by atomic mass is 16.2. The summed E-state index contributed by atoms with van der Waals surface area (Å²) in [5.74, 6) is -1.11. The van der Waals surface area contributed by atoms with E-state index in [0.29, 0.717) is 17.7 Å². The number of rotatable bonds is 4. The highest BCUT2D eigenvalue weighted by Crippen LogP contribution is 2.32. The first kappa shape index (κ1) is 13.5. The lowest BCUT2D eigenvalue weighted by molar-refractivity contribution is -0.120. The van der Waals surface area contributed by atoms with Gasteiger partial charge in [-0.05, 0) is 37.5 Å². The molecule has 1 aliphatic rings. The van der Waals surface area contributed by atoms with Gasteiger partial charge in [0.15, 0.2) is 5.78 Å². The van der Waals surface area contributed by atoms with Crippen LogP contribution < -0.4 is 4.90 Å². The van der Waals surface area contributed by atoms with Gasteiger partial charge in [0.05, 0.1) is 17.8 Å². The predicted molar refractivity (Wildman–Crippen MR) is 72.5 cm³/mol. The monoisotopic (exact) mass is 259 g/mol. The van der Waals surface area contributed by atoms with Gasteiger partial charge < -0.3 is 0 Å². The van der Waals surface area contributed by atoms with Crippen molar-refractivity contribution < 1.29 is 14.4 Å². The number of carbonyl (C=O) groups excluding carboxylic acids is 3. The molecule has 1 amide bonds. The van der Waals surface area contributed by atoms with E-state index in [-0.39, 0.29) is 12.3 Å². The standard InChI is InChI=1S/C15H17NO3/c1-4-5-11(17)8-16-12-7-9(2)6-10(3)13(12)14(18)15(16)19/h6-7H,4-5,8H2,1-3H3. The molecule has 4 nitrogen and oxygen atoms in total. The molecule has 19 heavy (non-hydrogen) atoms. The van der Waals surface area contributed by atoms with Crippen molar-refractivity contribution in [2.24, 2.45) is 0 Å². The van der Waals surface area contributed by atoms with Crippen molar-refractivity contribution in [3.05, 3.63) is 28.8 Å². The largest absolute Gasteiger partial charge is 0.299 e. The van der Waals surface area contributed by atoms with Gasteiger partial charge in [-0.1, -0.05) is 13.0 Å². The zero-order chi connectivity index (χ0) is 14.2. The Morgan fingerprint density at radius 3 is 2.53 bits per heavy atom. The molecule has 0 N–H and O–H groups in total. The van der Waals surface area contributed by atoms with Crippen LogP contribution in [0.1, 0.15) is 41.3 Å². The number of carbonyl (C=O) groups is 3. The maximum atomic E-state index is 12.0. The van der Waals surface area contributed by atoms with Gasteiger partial charge >= 0.3 is 0 Å². The number of hydrogen-bond acceptors (Lipinski definition) is 3. The zero-order valence-electron chi connectivity index (χ0n) is 11.4. The summed E-state index contributed by atoms with van der Waals surface area (Å²) in [6.07, 6.45) is 1.17. The van der Waals surface area contributed by atoms with Crippen LogP contribution in [0.25, 0.3) is 0 Å². The van der Waals surface area contributed by atoms with Crippen LogP contribution in [-0.2, 0) is 9.59 Å². The fourth-order valence-electron chi connectivity index (χ4n) is 2.48. The lowest BCUT2D eigenvalue weighted by Crippen LogP contribution is -2.34. The topological polar surface area (TPSA) is 54.5 Å². The fourth-order valence-corrected chi connectivity index (χ4v) is 2.48. The molecule has 0 fully saturated rings. The highest BCUT2D eigenvalue weighted by Gasteiger charge is 2.37. The Morgan fingerprint density at radius 2 is 1.89 bits per heavy atom. The van der Waals surface area contributed by atoms with Crippen LogP contribution in [0.5, 0.6) is 0 Å². The lowest BCUT2D eigenvalue weighted by Gasteiger charge is -2.16. The molecule has 0 spiro atoms. The van der Waals surface area contributed by atoms with Crippen LogP contribution in [-0.4, -0.2) is 24.0 Å². The second kappa shape index (κ2) is 4.96. The van der Waals surface area contributed by atoms with Crippen molar-refractivity contribution in [3.8, 4) is 0 Å². The molecule has 0 aliphatic carbocycles. The van der Waals surface area contributed by atoms with E-state index in [2.05, 4.69) is 0 Å². The van der Waals surface area contributed by atoms with E-state index in [9.17, 15) is 14.4 Å². The molecule has 0 saturated carbocycles. The molecule has 0 bridgehead atoms. The van der Waals surface area contributed by atoms with Gasteiger partial charge in [-0.2, -0.15) is 0 Å². The van der Waals surface area contributed by atoms with Gasteiger partial charge in [-0.25, -0.2) is 0 Å². The van der Waals surface area contributed by atoms with Crippen LogP contribution in [0.2, 0.25) is 0 Å².